The molecule has 204 valence electrons. The number of alkyl halides is 3. The molecule has 0 amide bonds. The van der Waals surface area contributed by atoms with Gasteiger partial charge in [0.2, 0.25) is 0 Å². The summed E-state index contributed by atoms with van der Waals surface area (Å²) < 4.78 is 48.3. The maximum absolute atomic E-state index is 14.0. The van der Waals surface area contributed by atoms with Crippen LogP contribution in [0.2, 0.25) is 0 Å². The maximum Gasteiger partial charge on any atom is 0.419 e. The summed E-state index contributed by atoms with van der Waals surface area (Å²) in [6.45, 7) is 11.2. The van der Waals surface area contributed by atoms with Crippen molar-refractivity contribution in [2.75, 3.05) is 13.2 Å². The average Bonchev–Trinajstić information content (AvgIpc) is 3.42. The van der Waals surface area contributed by atoms with Crippen LogP contribution in [0.15, 0.2) is 59.1 Å². The Balaban J connectivity index is 0.00000235. The van der Waals surface area contributed by atoms with E-state index in [2.05, 4.69) is 40.4 Å². The second kappa shape index (κ2) is 15.2. The van der Waals surface area contributed by atoms with Crippen molar-refractivity contribution in [1.29, 1.82) is 0 Å². The second-order valence-electron chi connectivity index (χ2n) is 8.94. The van der Waals surface area contributed by atoms with E-state index in [1.807, 2.05) is 57.2 Å². The lowest BCUT2D eigenvalue weighted by Gasteiger charge is -2.32. The molecule has 3 nitrogen and oxygen atoms in total. The molecule has 0 radical (unpaired) electrons. The first kappa shape index (κ1) is 31.0. The topological polar surface area (TPSA) is 33.3 Å². The van der Waals surface area contributed by atoms with Gasteiger partial charge in [0, 0.05) is 22.3 Å². The zero-order valence-electron chi connectivity index (χ0n) is 22.5. The maximum atomic E-state index is 14.0. The quantitative estimate of drug-likeness (QED) is 0.295. The first-order valence-electron chi connectivity index (χ1n) is 13.2. The summed E-state index contributed by atoms with van der Waals surface area (Å²) in [5, 5.41) is 7.10. The minimum Gasteiger partial charge on any atom is -0.489 e. The van der Waals surface area contributed by atoms with Crippen LogP contribution in [-0.4, -0.2) is 25.2 Å². The van der Waals surface area contributed by atoms with Crippen molar-refractivity contribution < 1.29 is 17.9 Å². The minimum atomic E-state index is -4.53. The highest BCUT2D eigenvalue weighted by Gasteiger charge is 2.35. The van der Waals surface area contributed by atoms with Crippen LogP contribution in [0.5, 0.6) is 5.75 Å². The molecule has 1 aliphatic heterocycles. The summed E-state index contributed by atoms with van der Waals surface area (Å²) in [5.74, 6) is 0.203. The van der Waals surface area contributed by atoms with Gasteiger partial charge in [-0.05, 0) is 79.8 Å². The molecule has 0 aliphatic carbocycles. The molecule has 0 spiro atoms. The van der Waals surface area contributed by atoms with Crippen molar-refractivity contribution in [2.24, 2.45) is 5.92 Å². The van der Waals surface area contributed by atoms with Gasteiger partial charge in [0.1, 0.15) is 12.4 Å². The molecule has 7 heteroatoms. The van der Waals surface area contributed by atoms with E-state index in [0.29, 0.717) is 23.2 Å². The smallest absolute Gasteiger partial charge is 0.419 e. The average molecular weight is 582 g/mol. The lowest BCUT2D eigenvalue weighted by Crippen LogP contribution is -2.48. The number of ether oxygens (including phenoxy) is 1. The summed E-state index contributed by atoms with van der Waals surface area (Å²) in [5.41, 5.74) is 1.37. The van der Waals surface area contributed by atoms with Crippen LogP contribution in [0.3, 0.4) is 0 Å². The van der Waals surface area contributed by atoms with Crippen LogP contribution in [0.25, 0.3) is 11.8 Å². The van der Waals surface area contributed by atoms with Crippen LogP contribution in [0.4, 0.5) is 13.2 Å². The Labute approximate surface area is 228 Å². The molecule has 1 aliphatic rings. The summed E-state index contributed by atoms with van der Waals surface area (Å²) in [6.07, 6.45) is 4.02. The van der Waals surface area contributed by atoms with E-state index in [-0.39, 0.29) is 18.4 Å². The highest BCUT2D eigenvalue weighted by molar-refractivity contribution is 9.10. The van der Waals surface area contributed by atoms with E-state index >= 15 is 0 Å². The van der Waals surface area contributed by atoms with Gasteiger partial charge in [-0.15, -0.1) is 0 Å². The summed E-state index contributed by atoms with van der Waals surface area (Å²) in [7, 11) is 0. The molecule has 3 atom stereocenters. The number of hydrogen-bond acceptors (Lipinski definition) is 3. The van der Waals surface area contributed by atoms with Crippen LogP contribution in [-0.2, 0) is 6.18 Å². The van der Waals surface area contributed by atoms with Crippen LogP contribution in [0.1, 0.15) is 70.6 Å². The van der Waals surface area contributed by atoms with Crippen molar-refractivity contribution in [2.45, 2.75) is 72.1 Å². The molecule has 37 heavy (non-hydrogen) atoms. The normalized spacial score (nSPS) is 17.8. The molecule has 3 rings (SSSR count). The molecule has 2 aromatic rings. The fourth-order valence-corrected chi connectivity index (χ4v) is 4.82. The van der Waals surface area contributed by atoms with Crippen molar-refractivity contribution in [3.8, 4) is 5.75 Å². The first-order chi connectivity index (χ1) is 17.7. The number of allylic oxidation sites excluding steroid dienone is 1. The van der Waals surface area contributed by atoms with Crippen LogP contribution < -0.4 is 15.4 Å². The molecule has 1 heterocycles. The molecule has 0 aromatic heterocycles. The first-order valence-corrected chi connectivity index (χ1v) is 13.9. The Hall–Kier alpha value is -2.25. The van der Waals surface area contributed by atoms with Gasteiger partial charge in [-0.25, -0.2) is 0 Å². The van der Waals surface area contributed by atoms with E-state index in [1.165, 1.54) is 12.1 Å². The summed E-state index contributed by atoms with van der Waals surface area (Å²) in [4.78, 5) is 0. The zero-order valence-corrected chi connectivity index (χ0v) is 24.0. The predicted molar refractivity (Wildman–Crippen MR) is 153 cm³/mol. The van der Waals surface area contributed by atoms with E-state index in [0.717, 1.165) is 35.8 Å². The molecule has 0 bridgehead atoms. The van der Waals surface area contributed by atoms with Gasteiger partial charge < -0.3 is 15.4 Å². The standard InChI is InChI=1S/C28H34BrF3N2O.C2H6/c1-4-19(3)27(25-12-7-15-33-25)34-24(5-2)21-13-14-26(23(18-21)28(30,31)32)35-16-8-10-20-9-6-11-22(29)17-20;1-2/h5-6,8-11,13-14,17-19,25,27,33-34H,4,7,12,15-16H2,1-3H3;1-2H3/b10-8+,24-5-;. The van der Waals surface area contributed by atoms with Crippen molar-refractivity contribution >= 4 is 27.7 Å². The van der Waals surface area contributed by atoms with Gasteiger partial charge in [-0.3, -0.25) is 0 Å². The number of benzene rings is 2. The highest BCUT2D eigenvalue weighted by atomic mass is 79.9. The predicted octanol–water partition coefficient (Wildman–Crippen LogP) is 8.70. The monoisotopic (exact) mass is 580 g/mol. The number of halogens is 4. The number of nitrogens with one attached hydrogen (secondary N) is 2. The Kier molecular flexibility index (Phi) is 12.7. The van der Waals surface area contributed by atoms with Crippen LogP contribution in [0, 0.1) is 5.92 Å². The summed E-state index contributed by atoms with van der Waals surface area (Å²) >= 11 is 3.41. The Bertz CT molecular complexity index is 1030. The Morgan fingerprint density at radius 2 is 1.97 bits per heavy atom. The fraction of sp³-hybridized carbons (Fsp3) is 0.467. The third-order valence-electron chi connectivity index (χ3n) is 6.49. The number of hydrogen-bond donors (Lipinski definition) is 2. The lowest BCUT2D eigenvalue weighted by molar-refractivity contribution is -0.138. The van der Waals surface area contributed by atoms with Crippen LogP contribution >= 0.6 is 15.9 Å². The molecule has 1 fully saturated rings. The van der Waals surface area contributed by atoms with E-state index in [4.69, 9.17) is 4.74 Å². The molecular weight excluding hydrogens is 541 g/mol. The second-order valence-corrected chi connectivity index (χ2v) is 9.85. The van der Waals surface area contributed by atoms with E-state index in [1.54, 1.807) is 12.1 Å². The fourth-order valence-electron chi connectivity index (χ4n) is 4.40. The molecule has 2 aromatic carbocycles. The molecule has 0 saturated carbocycles. The molecule has 1 saturated heterocycles. The molecular formula is C30H40BrF3N2O. The Morgan fingerprint density at radius 3 is 2.57 bits per heavy atom. The SMILES string of the molecule is C/C=C(\NC(C(C)CC)C1CCCN1)c1ccc(OC/C=C/c2cccc(Br)c2)c(C(F)(F)F)c1.CC. The Morgan fingerprint density at radius 1 is 1.22 bits per heavy atom. The minimum absolute atomic E-state index is 0.0348. The van der Waals surface area contributed by atoms with Crippen molar-refractivity contribution in [3.63, 3.8) is 0 Å². The van der Waals surface area contributed by atoms with Crippen molar-refractivity contribution in [1.82, 2.24) is 10.6 Å². The zero-order chi connectivity index (χ0) is 27.4. The molecule has 2 N–H and O–H groups in total. The lowest BCUT2D eigenvalue weighted by atomic mass is 9.91. The largest absolute Gasteiger partial charge is 0.489 e. The van der Waals surface area contributed by atoms with Gasteiger partial charge in [-0.2, -0.15) is 13.2 Å². The van der Waals surface area contributed by atoms with Gasteiger partial charge in [-0.1, -0.05) is 74.3 Å². The van der Waals surface area contributed by atoms with Crippen molar-refractivity contribution in [3.05, 3.63) is 75.8 Å². The van der Waals surface area contributed by atoms with Gasteiger partial charge >= 0.3 is 6.18 Å². The van der Waals surface area contributed by atoms with Gasteiger partial charge in [0.25, 0.3) is 0 Å². The third-order valence-corrected chi connectivity index (χ3v) is 6.98. The highest BCUT2D eigenvalue weighted by Crippen LogP contribution is 2.38. The number of rotatable bonds is 10. The van der Waals surface area contributed by atoms with Gasteiger partial charge in [0.05, 0.1) is 5.56 Å². The van der Waals surface area contributed by atoms with E-state index < -0.39 is 11.7 Å². The molecule has 3 unspecified atom stereocenters. The van der Waals surface area contributed by atoms with Gasteiger partial charge in [0.15, 0.2) is 0 Å². The summed E-state index contributed by atoms with van der Waals surface area (Å²) in [6, 6.07) is 12.4. The van der Waals surface area contributed by atoms with E-state index in [9.17, 15) is 13.2 Å². The third kappa shape index (κ3) is 9.22.